The van der Waals surface area contributed by atoms with Crippen molar-refractivity contribution < 1.29 is 4.74 Å². The summed E-state index contributed by atoms with van der Waals surface area (Å²) in [4.78, 5) is 2.49. The Balaban J connectivity index is 2.83. The van der Waals surface area contributed by atoms with E-state index in [2.05, 4.69) is 51.7 Å². The quantitative estimate of drug-likeness (QED) is 0.830. The summed E-state index contributed by atoms with van der Waals surface area (Å²) in [5.41, 5.74) is 7.62. The van der Waals surface area contributed by atoms with Gasteiger partial charge in [0.2, 0.25) is 0 Å². The number of ether oxygens (including phenoxy) is 1. The summed E-state index contributed by atoms with van der Waals surface area (Å²) in [6, 6.07) is 8.90. The summed E-state index contributed by atoms with van der Waals surface area (Å²) in [5.74, 6) is 1.51. The number of nitrogens with two attached hydrogens (primary N) is 1. The van der Waals surface area contributed by atoms with Crippen molar-refractivity contribution in [3.05, 3.63) is 29.8 Å². The monoisotopic (exact) mass is 278 g/mol. The van der Waals surface area contributed by atoms with Gasteiger partial charge in [-0.15, -0.1) is 0 Å². The Bertz CT molecular complexity index is 386. The molecule has 0 fully saturated rings. The van der Waals surface area contributed by atoms with Crippen LogP contribution in [0.3, 0.4) is 0 Å². The third-order valence-corrected chi connectivity index (χ3v) is 3.78. The molecule has 1 aromatic carbocycles. The van der Waals surface area contributed by atoms with Crippen molar-refractivity contribution in [2.45, 2.75) is 52.7 Å². The Labute approximate surface area is 124 Å². The van der Waals surface area contributed by atoms with Crippen LogP contribution >= 0.6 is 0 Å². The van der Waals surface area contributed by atoms with Crippen molar-refractivity contribution in [2.75, 3.05) is 13.7 Å². The first-order valence-corrected chi connectivity index (χ1v) is 7.52. The van der Waals surface area contributed by atoms with Crippen LogP contribution in [-0.4, -0.2) is 30.6 Å². The predicted molar refractivity (Wildman–Crippen MR) is 86.1 cm³/mol. The van der Waals surface area contributed by atoms with E-state index in [1.165, 1.54) is 0 Å². The van der Waals surface area contributed by atoms with E-state index in [0.717, 1.165) is 17.9 Å². The number of benzene rings is 1. The van der Waals surface area contributed by atoms with Crippen LogP contribution in [0, 0.1) is 5.92 Å². The molecule has 0 heterocycles. The summed E-state index contributed by atoms with van der Waals surface area (Å²) < 4.78 is 5.20. The molecular formula is C17H30N2O. The second-order valence-corrected chi connectivity index (χ2v) is 6.22. The molecule has 114 valence electrons. The van der Waals surface area contributed by atoms with Gasteiger partial charge in [-0.3, -0.25) is 4.90 Å². The van der Waals surface area contributed by atoms with E-state index in [1.807, 2.05) is 12.1 Å². The fraction of sp³-hybridized carbons (Fsp3) is 0.647. The summed E-state index contributed by atoms with van der Waals surface area (Å²) in [7, 11) is 1.68. The summed E-state index contributed by atoms with van der Waals surface area (Å²) in [5, 5.41) is 0. The molecule has 0 aromatic heterocycles. The predicted octanol–water partition coefficient (Wildman–Crippen LogP) is 3.45. The SMILES string of the molecule is COc1ccc(C(N)C(C)N(CC(C)C)C(C)C)cc1. The zero-order valence-electron chi connectivity index (χ0n) is 13.8. The average molecular weight is 278 g/mol. The van der Waals surface area contributed by atoms with Crippen molar-refractivity contribution in [2.24, 2.45) is 11.7 Å². The van der Waals surface area contributed by atoms with Gasteiger partial charge in [0.25, 0.3) is 0 Å². The molecule has 0 aliphatic carbocycles. The van der Waals surface area contributed by atoms with Crippen molar-refractivity contribution in [3.63, 3.8) is 0 Å². The van der Waals surface area contributed by atoms with E-state index in [0.29, 0.717) is 18.0 Å². The first-order valence-electron chi connectivity index (χ1n) is 7.52. The Hall–Kier alpha value is -1.06. The van der Waals surface area contributed by atoms with E-state index in [4.69, 9.17) is 10.5 Å². The van der Waals surface area contributed by atoms with Crippen molar-refractivity contribution >= 4 is 0 Å². The van der Waals surface area contributed by atoms with Gasteiger partial charge in [-0.1, -0.05) is 26.0 Å². The molecule has 0 bridgehead atoms. The molecule has 0 saturated carbocycles. The molecule has 0 radical (unpaired) electrons. The summed E-state index contributed by atoms with van der Waals surface area (Å²) >= 11 is 0. The zero-order valence-corrected chi connectivity index (χ0v) is 13.8. The minimum absolute atomic E-state index is 0.0158. The first-order chi connectivity index (χ1) is 9.36. The van der Waals surface area contributed by atoms with Crippen LogP contribution in [0.1, 0.15) is 46.2 Å². The van der Waals surface area contributed by atoms with Gasteiger partial charge in [-0.25, -0.2) is 0 Å². The molecule has 0 spiro atoms. The lowest BCUT2D eigenvalue weighted by Crippen LogP contribution is -2.46. The van der Waals surface area contributed by atoms with Crippen LogP contribution < -0.4 is 10.5 Å². The molecule has 3 nitrogen and oxygen atoms in total. The molecule has 3 heteroatoms. The maximum atomic E-state index is 6.46. The zero-order chi connectivity index (χ0) is 15.3. The highest BCUT2D eigenvalue weighted by molar-refractivity contribution is 5.29. The standard InChI is InChI=1S/C17H30N2O/c1-12(2)11-19(13(3)4)14(5)17(18)15-7-9-16(20-6)10-8-15/h7-10,12-14,17H,11,18H2,1-6H3. The molecule has 2 N–H and O–H groups in total. The molecule has 0 aliphatic rings. The van der Waals surface area contributed by atoms with Gasteiger partial charge in [0.05, 0.1) is 7.11 Å². The van der Waals surface area contributed by atoms with Gasteiger partial charge in [0.1, 0.15) is 5.75 Å². The van der Waals surface area contributed by atoms with Crippen molar-refractivity contribution in [3.8, 4) is 5.75 Å². The Morgan fingerprint density at radius 1 is 1.05 bits per heavy atom. The van der Waals surface area contributed by atoms with Crippen LogP contribution in [0.2, 0.25) is 0 Å². The fourth-order valence-corrected chi connectivity index (χ4v) is 2.58. The molecule has 2 atom stereocenters. The Kier molecular flexibility index (Phi) is 6.50. The third-order valence-electron chi connectivity index (χ3n) is 3.78. The minimum atomic E-state index is 0.0158. The molecule has 1 rings (SSSR count). The van der Waals surface area contributed by atoms with Crippen molar-refractivity contribution in [1.82, 2.24) is 4.90 Å². The van der Waals surface area contributed by atoms with Gasteiger partial charge in [0.15, 0.2) is 0 Å². The van der Waals surface area contributed by atoms with Gasteiger partial charge >= 0.3 is 0 Å². The Morgan fingerprint density at radius 2 is 1.60 bits per heavy atom. The van der Waals surface area contributed by atoms with E-state index in [-0.39, 0.29) is 6.04 Å². The van der Waals surface area contributed by atoms with Crippen LogP contribution in [0.5, 0.6) is 5.75 Å². The molecule has 0 amide bonds. The van der Waals surface area contributed by atoms with Gasteiger partial charge in [-0.05, 0) is 44.4 Å². The molecular weight excluding hydrogens is 248 g/mol. The lowest BCUT2D eigenvalue weighted by atomic mass is 9.98. The molecule has 1 aromatic rings. The van der Waals surface area contributed by atoms with Crippen LogP contribution in [0.4, 0.5) is 0 Å². The third kappa shape index (κ3) is 4.50. The largest absolute Gasteiger partial charge is 0.497 e. The first kappa shape index (κ1) is 17.0. The summed E-state index contributed by atoms with van der Waals surface area (Å²) in [6.07, 6.45) is 0. The topological polar surface area (TPSA) is 38.5 Å². The maximum absolute atomic E-state index is 6.46. The normalized spacial score (nSPS) is 14.9. The average Bonchev–Trinajstić information content (AvgIpc) is 2.43. The number of rotatable bonds is 7. The van der Waals surface area contributed by atoms with Gasteiger partial charge < -0.3 is 10.5 Å². The minimum Gasteiger partial charge on any atom is -0.497 e. The van der Waals surface area contributed by atoms with E-state index < -0.39 is 0 Å². The number of nitrogens with zero attached hydrogens (tertiary/aromatic N) is 1. The maximum Gasteiger partial charge on any atom is 0.118 e. The fourth-order valence-electron chi connectivity index (χ4n) is 2.58. The van der Waals surface area contributed by atoms with Gasteiger partial charge in [-0.2, -0.15) is 0 Å². The van der Waals surface area contributed by atoms with Crippen LogP contribution in [0.15, 0.2) is 24.3 Å². The lowest BCUT2D eigenvalue weighted by molar-refractivity contribution is 0.126. The van der Waals surface area contributed by atoms with E-state index in [1.54, 1.807) is 7.11 Å². The van der Waals surface area contributed by atoms with E-state index >= 15 is 0 Å². The lowest BCUT2D eigenvalue weighted by Gasteiger charge is -2.37. The van der Waals surface area contributed by atoms with Gasteiger partial charge in [0, 0.05) is 24.7 Å². The summed E-state index contributed by atoms with van der Waals surface area (Å²) in [6.45, 7) is 12.3. The highest BCUT2D eigenvalue weighted by atomic mass is 16.5. The second-order valence-electron chi connectivity index (χ2n) is 6.22. The second kappa shape index (κ2) is 7.65. The molecule has 0 aliphatic heterocycles. The van der Waals surface area contributed by atoms with Crippen LogP contribution in [0.25, 0.3) is 0 Å². The smallest absolute Gasteiger partial charge is 0.118 e. The number of hydrogen-bond donors (Lipinski definition) is 1. The number of hydrogen-bond acceptors (Lipinski definition) is 3. The Morgan fingerprint density at radius 3 is 2.00 bits per heavy atom. The highest BCUT2D eigenvalue weighted by Crippen LogP contribution is 2.23. The molecule has 2 unspecified atom stereocenters. The van der Waals surface area contributed by atoms with Crippen LogP contribution in [-0.2, 0) is 0 Å². The van der Waals surface area contributed by atoms with Crippen molar-refractivity contribution in [1.29, 1.82) is 0 Å². The molecule has 0 saturated heterocycles. The number of methoxy groups -OCH3 is 1. The van der Waals surface area contributed by atoms with E-state index in [9.17, 15) is 0 Å². The molecule has 20 heavy (non-hydrogen) atoms. The highest BCUT2D eigenvalue weighted by Gasteiger charge is 2.24.